The van der Waals surface area contributed by atoms with Crippen molar-refractivity contribution < 1.29 is 0 Å². The molecule has 0 bridgehead atoms. The van der Waals surface area contributed by atoms with E-state index in [2.05, 4.69) is 16.9 Å². The van der Waals surface area contributed by atoms with Crippen LogP contribution in [-0.4, -0.2) is 9.97 Å². The van der Waals surface area contributed by atoms with Crippen LogP contribution in [0.4, 0.5) is 0 Å². The van der Waals surface area contributed by atoms with Crippen LogP contribution in [0.15, 0.2) is 36.5 Å². The number of halogens is 1. The van der Waals surface area contributed by atoms with Gasteiger partial charge in [-0.1, -0.05) is 29.8 Å². The molecule has 0 unspecified atom stereocenters. The zero-order valence-electron chi connectivity index (χ0n) is 7.74. The van der Waals surface area contributed by atoms with Crippen LogP contribution in [0.25, 0.3) is 11.3 Å². The van der Waals surface area contributed by atoms with Gasteiger partial charge in [-0.2, -0.15) is 0 Å². The molecule has 0 aliphatic heterocycles. The van der Waals surface area contributed by atoms with Crippen LogP contribution < -0.4 is 0 Å². The molecule has 0 amide bonds. The van der Waals surface area contributed by atoms with Gasteiger partial charge in [0.1, 0.15) is 0 Å². The number of nitrogens with zero attached hydrogens (tertiary/aromatic N) is 2. The number of hydrogen-bond acceptors (Lipinski definition) is 2. The second kappa shape index (κ2) is 3.76. The molecule has 0 atom stereocenters. The summed E-state index contributed by atoms with van der Waals surface area (Å²) < 4.78 is 0. The second-order valence-electron chi connectivity index (χ2n) is 3.08. The van der Waals surface area contributed by atoms with E-state index in [-0.39, 0.29) is 5.28 Å². The maximum atomic E-state index is 5.70. The largest absolute Gasteiger partial charge is 0.226 e. The Labute approximate surface area is 87.6 Å². The number of hydrogen-bond donors (Lipinski definition) is 0. The number of aromatic nitrogens is 2. The minimum atomic E-state index is 0.281. The molecule has 2 nitrogen and oxygen atoms in total. The Hall–Kier alpha value is -1.41. The molecule has 0 N–H and O–H groups in total. The van der Waals surface area contributed by atoms with Crippen LogP contribution in [-0.2, 0) is 0 Å². The van der Waals surface area contributed by atoms with Crippen molar-refractivity contribution in [1.82, 2.24) is 9.97 Å². The van der Waals surface area contributed by atoms with Gasteiger partial charge in [0.15, 0.2) is 0 Å². The Morgan fingerprint density at radius 1 is 1.07 bits per heavy atom. The third-order valence-corrected chi connectivity index (χ3v) is 2.16. The van der Waals surface area contributed by atoms with E-state index in [1.165, 1.54) is 5.56 Å². The van der Waals surface area contributed by atoms with Gasteiger partial charge in [-0.05, 0) is 24.6 Å². The summed E-state index contributed by atoms with van der Waals surface area (Å²) in [5.74, 6) is 0. The zero-order chi connectivity index (χ0) is 9.97. The molecule has 0 saturated heterocycles. The highest BCUT2D eigenvalue weighted by molar-refractivity contribution is 6.28. The smallest absolute Gasteiger partial charge is 0.222 e. The van der Waals surface area contributed by atoms with Crippen LogP contribution in [0.5, 0.6) is 0 Å². The lowest BCUT2D eigenvalue weighted by molar-refractivity contribution is 1.17. The minimum Gasteiger partial charge on any atom is -0.226 e. The summed E-state index contributed by atoms with van der Waals surface area (Å²) in [4.78, 5) is 7.96. The third-order valence-electron chi connectivity index (χ3n) is 1.97. The molecule has 0 aliphatic rings. The van der Waals surface area contributed by atoms with E-state index >= 15 is 0 Å². The molecular formula is C11H9ClN2. The Balaban J connectivity index is 2.44. The Bertz CT molecular complexity index is 437. The van der Waals surface area contributed by atoms with Crippen LogP contribution >= 0.6 is 11.6 Å². The number of aryl methyl sites for hydroxylation is 1. The van der Waals surface area contributed by atoms with Gasteiger partial charge >= 0.3 is 0 Å². The van der Waals surface area contributed by atoms with Gasteiger partial charge in [-0.15, -0.1) is 0 Å². The molecule has 1 aromatic carbocycles. The lowest BCUT2D eigenvalue weighted by Crippen LogP contribution is -1.86. The highest BCUT2D eigenvalue weighted by Gasteiger charge is 1.99. The van der Waals surface area contributed by atoms with Crippen LogP contribution in [0.1, 0.15) is 5.56 Å². The molecule has 1 aromatic heterocycles. The Morgan fingerprint density at radius 2 is 1.79 bits per heavy atom. The summed E-state index contributed by atoms with van der Waals surface area (Å²) in [6.07, 6.45) is 1.66. The summed E-state index contributed by atoms with van der Waals surface area (Å²) in [7, 11) is 0. The fourth-order valence-electron chi connectivity index (χ4n) is 1.22. The molecule has 2 rings (SSSR count). The first-order valence-electron chi connectivity index (χ1n) is 4.31. The first kappa shape index (κ1) is 9.16. The molecule has 1 heterocycles. The average Bonchev–Trinajstić information content (AvgIpc) is 2.19. The van der Waals surface area contributed by atoms with Crippen molar-refractivity contribution in [3.8, 4) is 11.3 Å². The second-order valence-corrected chi connectivity index (χ2v) is 3.41. The molecular weight excluding hydrogens is 196 g/mol. The normalized spacial score (nSPS) is 10.1. The van der Waals surface area contributed by atoms with Gasteiger partial charge in [0.2, 0.25) is 5.28 Å². The van der Waals surface area contributed by atoms with Gasteiger partial charge in [-0.3, -0.25) is 0 Å². The monoisotopic (exact) mass is 204 g/mol. The Kier molecular flexibility index (Phi) is 2.46. The first-order chi connectivity index (χ1) is 6.75. The first-order valence-corrected chi connectivity index (χ1v) is 4.69. The lowest BCUT2D eigenvalue weighted by Gasteiger charge is -2.00. The Morgan fingerprint density at radius 3 is 2.43 bits per heavy atom. The van der Waals surface area contributed by atoms with Crippen molar-refractivity contribution in [3.05, 3.63) is 47.4 Å². The molecule has 0 fully saturated rings. The predicted octanol–water partition coefficient (Wildman–Crippen LogP) is 3.11. The SMILES string of the molecule is Cc1ccc(-c2ccnc(Cl)n2)cc1. The fraction of sp³-hybridized carbons (Fsp3) is 0.0909. The summed E-state index contributed by atoms with van der Waals surface area (Å²) in [6, 6.07) is 9.98. The van der Waals surface area contributed by atoms with E-state index < -0.39 is 0 Å². The van der Waals surface area contributed by atoms with Gasteiger partial charge in [-0.25, -0.2) is 9.97 Å². The van der Waals surface area contributed by atoms with Crippen molar-refractivity contribution in [2.45, 2.75) is 6.92 Å². The van der Waals surface area contributed by atoms with Gasteiger partial charge in [0.25, 0.3) is 0 Å². The highest BCUT2D eigenvalue weighted by atomic mass is 35.5. The molecule has 14 heavy (non-hydrogen) atoms. The predicted molar refractivity (Wildman–Crippen MR) is 57.2 cm³/mol. The summed E-state index contributed by atoms with van der Waals surface area (Å²) in [6.45, 7) is 2.05. The van der Waals surface area contributed by atoms with E-state index in [0.29, 0.717) is 0 Å². The van der Waals surface area contributed by atoms with E-state index in [0.717, 1.165) is 11.3 Å². The van der Waals surface area contributed by atoms with E-state index in [1.54, 1.807) is 6.20 Å². The van der Waals surface area contributed by atoms with E-state index in [4.69, 9.17) is 11.6 Å². The van der Waals surface area contributed by atoms with Gasteiger partial charge in [0.05, 0.1) is 5.69 Å². The third kappa shape index (κ3) is 1.91. The summed E-state index contributed by atoms with van der Waals surface area (Å²) in [5, 5.41) is 0.281. The summed E-state index contributed by atoms with van der Waals surface area (Å²) in [5.41, 5.74) is 3.14. The quantitative estimate of drug-likeness (QED) is 0.667. The van der Waals surface area contributed by atoms with Crippen LogP contribution in [0.2, 0.25) is 5.28 Å². The maximum Gasteiger partial charge on any atom is 0.222 e. The molecule has 0 radical (unpaired) electrons. The average molecular weight is 205 g/mol. The molecule has 0 spiro atoms. The molecule has 70 valence electrons. The van der Waals surface area contributed by atoms with E-state index in [9.17, 15) is 0 Å². The number of benzene rings is 1. The van der Waals surface area contributed by atoms with Crippen molar-refractivity contribution in [2.24, 2.45) is 0 Å². The molecule has 3 heteroatoms. The number of rotatable bonds is 1. The zero-order valence-corrected chi connectivity index (χ0v) is 8.49. The van der Waals surface area contributed by atoms with Crippen molar-refractivity contribution >= 4 is 11.6 Å². The van der Waals surface area contributed by atoms with E-state index in [1.807, 2.05) is 30.3 Å². The lowest BCUT2D eigenvalue weighted by atomic mass is 10.1. The van der Waals surface area contributed by atoms with Crippen molar-refractivity contribution in [3.63, 3.8) is 0 Å². The molecule has 2 aromatic rings. The van der Waals surface area contributed by atoms with Gasteiger partial charge < -0.3 is 0 Å². The fourth-order valence-corrected chi connectivity index (χ4v) is 1.37. The van der Waals surface area contributed by atoms with Crippen molar-refractivity contribution in [2.75, 3.05) is 0 Å². The maximum absolute atomic E-state index is 5.70. The van der Waals surface area contributed by atoms with Gasteiger partial charge in [0, 0.05) is 11.8 Å². The standard InChI is InChI=1S/C11H9ClN2/c1-8-2-4-9(5-3-8)10-6-7-13-11(12)14-10/h2-7H,1H3. The highest BCUT2D eigenvalue weighted by Crippen LogP contribution is 2.17. The molecule has 0 aliphatic carbocycles. The summed E-state index contributed by atoms with van der Waals surface area (Å²) >= 11 is 5.70. The van der Waals surface area contributed by atoms with Crippen molar-refractivity contribution in [1.29, 1.82) is 0 Å². The topological polar surface area (TPSA) is 25.8 Å². The van der Waals surface area contributed by atoms with Crippen LogP contribution in [0, 0.1) is 6.92 Å². The molecule has 0 saturated carbocycles. The minimum absolute atomic E-state index is 0.281. The van der Waals surface area contributed by atoms with Crippen LogP contribution in [0.3, 0.4) is 0 Å².